The fourth-order valence-electron chi connectivity index (χ4n) is 8.81. The van der Waals surface area contributed by atoms with Gasteiger partial charge in [-0.2, -0.15) is 0 Å². The van der Waals surface area contributed by atoms with Gasteiger partial charge in [-0.15, -0.1) is 0 Å². The predicted molar refractivity (Wildman–Crippen MR) is 278 cm³/mol. The van der Waals surface area contributed by atoms with Crippen LogP contribution in [0.1, 0.15) is 309 Å². The highest BCUT2D eigenvalue weighted by molar-refractivity contribution is 5.76. The molecule has 2 unspecified atom stereocenters. The van der Waals surface area contributed by atoms with Gasteiger partial charge in [-0.25, -0.2) is 0 Å². The quantitative estimate of drug-likeness (QED) is 0.0321. The number of aliphatic hydroxyl groups excluding tert-OH is 2. The number of aliphatic hydroxyl groups is 2. The molecule has 0 radical (unpaired) electrons. The maximum Gasteiger partial charge on any atom is 0.305 e. The van der Waals surface area contributed by atoms with E-state index in [0.29, 0.717) is 19.4 Å². The van der Waals surface area contributed by atoms with Crippen LogP contribution in [-0.2, 0) is 14.3 Å². The summed E-state index contributed by atoms with van der Waals surface area (Å²) in [6.07, 6.45) is 64.9. The molecule has 0 aliphatic rings. The number of carbonyl (C=O) groups excluding carboxylic acids is 2. The van der Waals surface area contributed by atoms with Crippen molar-refractivity contribution in [2.75, 3.05) is 13.2 Å². The molecular weight excluding hydrogens is 791 g/mol. The highest BCUT2D eigenvalue weighted by Gasteiger charge is 2.18. The Labute approximate surface area is 399 Å². The number of hydrogen-bond acceptors (Lipinski definition) is 5. The second kappa shape index (κ2) is 54.0. The molecule has 0 aliphatic carbocycles. The lowest BCUT2D eigenvalue weighted by molar-refractivity contribution is -0.143. The molecule has 0 rings (SSSR count). The van der Waals surface area contributed by atoms with Gasteiger partial charge in [-0.05, 0) is 57.8 Å². The van der Waals surface area contributed by atoms with Crippen molar-refractivity contribution in [3.05, 3.63) is 24.3 Å². The van der Waals surface area contributed by atoms with E-state index in [0.717, 1.165) is 77.0 Å². The third-order valence-electron chi connectivity index (χ3n) is 13.2. The lowest BCUT2D eigenvalue weighted by Gasteiger charge is -2.20. The Morgan fingerprint density at radius 1 is 0.422 bits per heavy atom. The van der Waals surface area contributed by atoms with Crippen molar-refractivity contribution in [3.8, 4) is 0 Å². The first-order chi connectivity index (χ1) is 31.5. The topological polar surface area (TPSA) is 95.9 Å². The molecule has 0 aliphatic heterocycles. The van der Waals surface area contributed by atoms with Crippen molar-refractivity contribution in [2.45, 2.75) is 321 Å². The maximum absolute atomic E-state index is 12.5. The summed E-state index contributed by atoms with van der Waals surface area (Å²) >= 11 is 0. The molecule has 64 heavy (non-hydrogen) atoms. The second-order valence-corrected chi connectivity index (χ2v) is 19.6. The number of hydrogen-bond donors (Lipinski definition) is 3. The van der Waals surface area contributed by atoms with Crippen molar-refractivity contribution < 1.29 is 24.5 Å². The van der Waals surface area contributed by atoms with Crippen molar-refractivity contribution >= 4 is 11.9 Å². The van der Waals surface area contributed by atoms with Gasteiger partial charge in [-0.1, -0.05) is 263 Å². The lowest BCUT2D eigenvalue weighted by atomic mass is 10.0. The van der Waals surface area contributed by atoms with Crippen LogP contribution in [-0.4, -0.2) is 47.4 Å². The average Bonchev–Trinajstić information content (AvgIpc) is 3.29. The van der Waals surface area contributed by atoms with E-state index in [-0.39, 0.29) is 18.5 Å². The van der Waals surface area contributed by atoms with Crippen LogP contribution in [0.5, 0.6) is 0 Å². The first kappa shape index (κ1) is 62.3. The van der Waals surface area contributed by atoms with E-state index in [2.05, 4.69) is 31.3 Å². The number of esters is 1. The number of amides is 1. The Morgan fingerprint density at radius 2 is 0.734 bits per heavy atom. The minimum Gasteiger partial charge on any atom is -0.466 e. The monoisotopic (exact) mass is 902 g/mol. The molecule has 0 aromatic carbocycles. The lowest BCUT2D eigenvalue weighted by Crippen LogP contribution is -2.45. The van der Waals surface area contributed by atoms with Crippen LogP contribution < -0.4 is 5.32 Å². The third kappa shape index (κ3) is 49.8. The molecule has 378 valence electrons. The highest BCUT2D eigenvalue weighted by Crippen LogP contribution is 2.17. The van der Waals surface area contributed by atoms with E-state index < -0.39 is 12.1 Å². The van der Waals surface area contributed by atoms with Crippen molar-refractivity contribution in [2.24, 2.45) is 0 Å². The van der Waals surface area contributed by atoms with Crippen LogP contribution >= 0.6 is 0 Å². The average molecular weight is 903 g/mol. The molecule has 0 bridgehead atoms. The number of allylic oxidation sites excluding steroid dienone is 3. The SMILES string of the molecule is CCCCCCCCCCCCCCCCCC/C=C/C(O)C(CO)NC(=O)CCCCCC/C=C\CCCCOC(=O)CCCCCCCCCCCCCCCCCCCCC. The number of ether oxygens (including phenoxy) is 1. The molecule has 0 aromatic rings. The molecule has 0 fully saturated rings. The summed E-state index contributed by atoms with van der Waals surface area (Å²) in [5.41, 5.74) is 0. The van der Waals surface area contributed by atoms with E-state index in [4.69, 9.17) is 4.74 Å². The molecule has 0 saturated carbocycles. The van der Waals surface area contributed by atoms with Crippen molar-refractivity contribution in [3.63, 3.8) is 0 Å². The van der Waals surface area contributed by atoms with Gasteiger partial charge in [0, 0.05) is 12.8 Å². The summed E-state index contributed by atoms with van der Waals surface area (Å²) in [6, 6.07) is -0.653. The molecule has 3 N–H and O–H groups in total. The third-order valence-corrected chi connectivity index (χ3v) is 13.2. The fourth-order valence-corrected chi connectivity index (χ4v) is 8.81. The molecule has 0 aromatic heterocycles. The summed E-state index contributed by atoms with van der Waals surface area (Å²) < 4.78 is 5.45. The minimum absolute atomic E-state index is 0.0333. The van der Waals surface area contributed by atoms with Gasteiger partial charge < -0.3 is 20.3 Å². The first-order valence-corrected chi connectivity index (χ1v) is 28.6. The van der Waals surface area contributed by atoms with E-state index in [1.54, 1.807) is 6.08 Å². The summed E-state index contributed by atoms with van der Waals surface area (Å²) in [5, 5.41) is 23.1. The van der Waals surface area contributed by atoms with Gasteiger partial charge in [-0.3, -0.25) is 9.59 Å². The van der Waals surface area contributed by atoms with Crippen LogP contribution in [0.4, 0.5) is 0 Å². The van der Waals surface area contributed by atoms with Gasteiger partial charge in [0.15, 0.2) is 0 Å². The first-order valence-electron chi connectivity index (χ1n) is 28.6. The Balaban J connectivity index is 3.52. The standard InChI is InChI=1S/C58H111NO5/c1-3-5-7-9-11-13-15-17-19-21-23-25-27-29-31-36-40-44-48-52-58(63)64-53-49-45-41-37-33-32-35-39-43-47-51-57(62)59-55(54-60)56(61)50-46-42-38-34-30-28-26-24-22-20-18-16-14-12-10-8-6-4-2/h33,37,46,50,55-56,60-61H,3-32,34-36,38-45,47-49,51-54H2,1-2H3,(H,59,62)/b37-33-,50-46+. The van der Waals surface area contributed by atoms with Crippen LogP contribution in [0.2, 0.25) is 0 Å². The highest BCUT2D eigenvalue weighted by atomic mass is 16.5. The Kier molecular flexibility index (Phi) is 52.6. The van der Waals surface area contributed by atoms with Crippen LogP contribution in [0.15, 0.2) is 24.3 Å². The molecule has 0 heterocycles. The number of nitrogens with one attached hydrogen (secondary N) is 1. The van der Waals surface area contributed by atoms with Gasteiger partial charge in [0.1, 0.15) is 0 Å². The van der Waals surface area contributed by atoms with Gasteiger partial charge in [0.2, 0.25) is 5.91 Å². The molecule has 6 nitrogen and oxygen atoms in total. The van der Waals surface area contributed by atoms with Gasteiger partial charge >= 0.3 is 5.97 Å². The Morgan fingerprint density at radius 3 is 1.11 bits per heavy atom. The number of rotatable bonds is 53. The Bertz CT molecular complexity index is 997. The second-order valence-electron chi connectivity index (χ2n) is 19.6. The van der Waals surface area contributed by atoms with Crippen molar-refractivity contribution in [1.29, 1.82) is 0 Å². The summed E-state index contributed by atoms with van der Waals surface area (Å²) in [5.74, 6) is -0.135. The summed E-state index contributed by atoms with van der Waals surface area (Å²) in [7, 11) is 0. The van der Waals surface area contributed by atoms with E-state index in [9.17, 15) is 19.8 Å². The maximum atomic E-state index is 12.5. The van der Waals surface area contributed by atoms with Crippen LogP contribution in [0.3, 0.4) is 0 Å². The molecule has 1 amide bonds. The molecular formula is C58H111NO5. The van der Waals surface area contributed by atoms with Crippen LogP contribution in [0, 0.1) is 0 Å². The molecule has 2 atom stereocenters. The molecule has 0 saturated heterocycles. The number of unbranched alkanes of at least 4 members (excludes halogenated alkanes) is 40. The summed E-state index contributed by atoms with van der Waals surface area (Å²) in [6.45, 7) is 4.84. The zero-order valence-electron chi connectivity index (χ0n) is 43.0. The van der Waals surface area contributed by atoms with E-state index >= 15 is 0 Å². The van der Waals surface area contributed by atoms with Gasteiger partial charge in [0.25, 0.3) is 0 Å². The smallest absolute Gasteiger partial charge is 0.305 e. The fraction of sp³-hybridized carbons (Fsp3) is 0.897. The zero-order valence-corrected chi connectivity index (χ0v) is 43.0. The molecule has 6 heteroatoms. The number of carbonyl (C=O) groups is 2. The summed E-state index contributed by atoms with van der Waals surface area (Å²) in [4.78, 5) is 24.5. The Hall–Kier alpha value is -1.66. The van der Waals surface area contributed by atoms with Crippen molar-refractivity contribution in [1.82, 2.24) is 5.32 Å². The van der Waals surface area contributed by atoms with Crippen LogP contribution in [0.25, 0.3) is 0 Å². The van der Waals surface area contributed by atoms with E-state index in [1.165, 1.54) is 205 Å². The molecule has 0 spiro atoms. The normalized spacial score (nSPS) is 12.8. The van der Waals surface area contributed by atoms with Gasteiger partial charge in [0.05, 0.1) is 25.4 Å². The van der Waals surface area contributed by atoms with E-state index in [1.807, 2.05) is 6.08 Å². The minimum atomic E-state index is -0.866. The zero-order chi connectivity index (χ0) is 46.5. The predicted octanol–water partition coefficient (Wildman–Crippen LogP) is 17.5. The largest absolute Gasteiger partial charge is 0.466 e.